The second-order valence-electron chi connectivity index (χ2n) is 7.28. The fourth-order valence-electron chi connectivity index (χ4n) is 4.25. The topological polar surface area (TPSA) is 68.3 Å². The number of likely N-dealkylation sites (tertiary alicyclic amines) is 2. The lowest BCUT2D eigenvalue weighted by molar-refractivity contribution is -0.155. The number of methoxy groups -OCH3 is 1. The van der Waals surface area contributed by atoms with E-state index in [-0.39, 0.29) is 17.9 Å². The third kappa shape index (κ3) is 2.85. The van der Waals surface area contributed by atoms with Crippen molar-refractivity contribution in [2.24, 2.45) is 5.41 Å². The Bertz CT molecular complexity index is 710. The van der Waals surface area contributed by atoms with Crippen LogP contribution in [0.1, 0.15) is 28.9 Å². The van der Waals surface area contributed by atoms with E-state index in [1.165, 1.54) is 11.3 Å². The van der Waals surface area contributed by atoms with Crippen molar-refractivity contribution in [3.8, 4) is 11.5 Å². The summed E-state index contributed by atoms with van der Waals surface area (Å²) in [6.07, 6.45) is 2.15. The van der Waals surface area contributed by atoms with Gasteiger partial charge in [-0.1, -0.05) is 0 Å². The summed E-state index contributed by atoms with van der Waals surface area (Å²) in [5.41, 5.74) is -0.404. The summed E-state index contributed by atoms with van der Waals surface area (Å²) in [6, 6.07) is 0. The molecule has 7 nitrogen and oxygen atoms in total. The average molecular weight is 380 g/mol. The van der Waals surface area contributed by atoms with Crippen LogP contribution in [0.3, 0.4) is 0 Å². The van der Waals surface area contributed by atoms with Gasteiger partial charge in [0, 0.05) is 39.2 Å². The Morgan fingerprint density at radius 1 is 1.31 bits per heavy atom. The molecule has 3 aliphatic rings. The first kappa shape index (κ1) is 17.6. The molecule has 2 fully saturated rings. The first-order chi connectivity index (χ1) is 12.5. The van der Waals surface area contributed by atoms with E-state index in [9.17, 15) is 9.59 Å². The van der Waals surface area contributed by atoms with Crippen LogP contribution in [-0.2, 0) is 9.53 Å². The number of fused-ring (bicyclic) bond motifs is 1. The maximum atomic E-state index is 13.0. The SMILES string of the molecule is COC1CN(C)C(=O)C2(CCN(C(=O)c3scc4c3OCCO4)CC2)C1. The molecule has 1 spiro atoms. The number of piperidine rings is 2. The van der Waals surface area contributed by atoms with Gasteiger partial charge in [0.05, 0.1) is 11.5 Å². The molecule has 3 aliphatic heterocycles. The quantitative estimate of drug-likeness (QED) is 0.780. The fourth-order valence-corrected chi connectivity index (χ4v) is 5.15. The highest BCUT2D eigenvalue weighted by atomic mass is 32.1. The number of likely N-dealkylation sites (N-methyl/N-ethyl adjacent to an activating group) is 1. The fraction of sp³-hybridized carbons (Fsp3) is 0.667. The average Bonchev–Trinajstić information content (AvgIpc) is 3.10. The molecule has 4 rings (SSSR count). The summed E-state index contributed by atoms with van der Waals surface area (Å²) >= 11 is 1.36. The van der Waals surface area contributed by atoms with Crippen molar-refractivity contribution in [3.05, 3.63) is 10.3 Å². The molecule has 1 unspecified atom stereocenters. The third-order valence-corrected chi connectivity index (χ3v) is 6.66. The van der Waals surface area contributed by atoms with Gasteiger partial charge in [-0.2, -0.15) is 0 Å². The van der Waals surface area contributed by atoms with Crippen molar-refractivity contribution in [2.75, 3.05) is 47.0 Å². The number of nitrogens with zero attached hydrogens (tertiary/aromatic N) is 2. The monoisotopic (exact) mass is 380 g/mol. The largest absolute Gasteiger partial charge is 0.485 e. The number of ether oxygens (including phenoxy) is 3. The second-order valence-corrected chi connectivity index (χ2v) is 8.15. The minimum atomic E-state index is -0.404. The molecule has 8 heteroatoms. The van der Waals surface area contributed by atoms with E-state index in [0.29, 0.717) is 62.1 Å². The van der Waals surface area contributed by atoms with Crippen LogP contribution < -0.4 is 9.47 Å². The molecule has 26 heavy (non-hydrogen) atoms. The Hall–Kier alpha value is -1.80. The smallest absolute Gasteiger partial charge is 0.267 e. The molecule has 1 atom stereocenters. The lowest BCUT2D eigenvalue weighted by atomic mass is 9.71. The zero-order valence-corrected chi connectivity index (χ0v) is 16.0. The number of amides is 2. The number of hydrogen-bond donors (Lipinski definition) is 0. The first-order valence-corrected chi connectivity index (χ1v) is 9.87. The van der Waals surface area contributed by atoms with Crippen molar-refractivity contribution >= 4 is 23.2 Å². The van der Waals surface area contributed by atoms with Crippen LogP contribution in [0, 0.1) is 5.41 Å². The van der Waals surface area contributed by atoms with E-state index in [1.807, 2.05) is 17.3 Å². The highest BCUT2D eigenvalue weighted by Crippen LogP contribution is 2.43. The van der Waals surface area contributed by atoms with Gasteiger partial charge >= 0.3 is 0 Å². The predicted molar refractivity (Wildman–Crippen MR) is 95.9 cm³/mol. The van der Waals surface area contributed by atoms with Crippen LogP contribution in [0.2, 0.25) is 0 Å². The van der Waals surface area contributed by atoms with Gasteiger partial charge in [-0.3, -0.25) is 9.59 Å². The van der Waals surface area contributed by atoms with Gasteiger partial charge < -0.3 is 24.0 Å². The van der Waals surface area contributed by atoms with Crippen molar-refractivity contribution in [3.63, 3.8) is 0 Å². The summed E-state index contributed by atoms with van der Waals surface area (Å²) in [5, 5.41) is 1.83. The minimum Gasteiger partial charge on any atom is -0.485 e. The molecular weight excluding hydrogens is 356 g/mol. The predicted octanol–water partition coefficient (Wildman–Crippen LogP) is 1.62. The summed E-state index contributed by atoms with van der Waals surface area (Å²) in [5.74, 6) is 1.38. The Morgan fingerprint density at radius 2 is 2.04 bits per heavy atom. The van der Waals surface area contributed by atoms with Gasteiger partial charge in [-0.05, 0) is 19.3 Å². The minimum absolute atomic E-state index is 0.0310. The first-order valence-electron chi connectivity index (χ1n) is 8.99. The number of thiophene rings is 1. The van der Waals surface area contributed by atoms with Gasteiger partial charge in [0.2, 0.25) is 5.91 Å². The highest BCUT2D eigenvalue weighted by Gasteiger charge is 2.48. The lowest BCUT2D eigenvalue weighted by Gasteiger charge is -2.47. The van der Waals surface area contributed by atoms with E-state index in [1.54, 1.807) is 12.0 Å². The Balaban J connectivity index is 1.47. The molecule has 0 aromatic carbocycles. The summed E-state index contributed by atoms with van der Waals surface area (Å²) in [6.45, 7) is 2.76. The van der Waals surface area contributed by atoms with E-state index >= 15 is 0 Å². The molecule has 2 amide bonds. The number of rotatable bonds is 2. The van der Waals surface area contributed by atoms with Gasteiger partial charge in [0.15, 0.2) is 11.5 Å². The summed E-state index contributed by atoms with van der Waals surface area (Å²) < 4.78 is 16.7. The van der Waals surface area contributed by atoms with Crippen LogP contribution in [-0.4, -0.2) is 74.7 Å². The number of carbonyl (C=O) groups excluding carboxylic acids is 2. The molecule has 0 N–H and O–H groups in total. The second kappa shape index (κ2) is 6.74. The standard InChI is InChI=1S/C18H24N2O5S/c1-19-10-12(23-2)9-18(17(19)22)3-5-20(6-4-18)16(21)15-14-13(11-26-15)24-7-8-25-14/h11-12H,3-10H2,1-2H3. The van der Waals surface area contributed by atoms with Gasteiger partial charge in [0.1, 0.15) is 18.1 Å². The molecule has 2 saturated heterocycles. The molecule has 1 aromatic rings. The van der Waals surface area contributed by atoms with E-state index in [4.69, 9.17) is 14.2 Å². The Morgan fingerprint density at radius 3 is 2.77 bits per heavy atom. The number of hydrogen-bond acceptors (Lipinski definition) is 6. The highest BCUT2D eigenvalue weighted by molar-refractivity contribution is 7.12. The van der Waals surface area contributed by atoms with Gasteiger partial charge in [-0.25, -0.2) is 0 Å². The van der Waals surface area contributed by atoms with Crippen LogP contribution in [0.5, 0.6) is 11.5 Å². The molecule has 4 heterocycles. The van der Waals surface area contributed by atoms with Crippen molar-refractivity contribution in [1.82, 2.24) is 9.80 Å². The van der Waals surface area contributed by atoms with Crippen molar-refractivity contribution in [2.45, 2.75) is 25.4 Å². The molecule has 0 bridgehead atoms. The number of carbonyl (C=O) groups is 2. The molecule has 142 valence electrons. The lowest BCUT2D eigenvalue weighted by Crippen LogP contribution is -2.57. The van der Waals surface area contributed by atoms with E-state index in [0.717, 1.165) is 6.42 Å². The molecule has 0 aliphatic carbocycles. The molecule has 0 saturated carbocycles. The Kier molecular flexibility index (Phi) is 4.56. The molecular formula is C18H24N2O5S. The molecule has 0 radical (unpaired) electrons. The maximum absolute atomic E-state index is 13.0. The van der Waals surface area contributed by atoms with Crippen molar-refractivity contribution < 1.29 is 23.8 Å². The Labute approximate surface area is 156 Å². The van der Waals surface area contributed by atoms with Crippen LogP contribution in [0.4, 0.5) is 0 Å². The van der Waals surface area contributed by atoms with Crippen LogP contribution in [0.15, 0.2) is 5.38 Å². The van der Waals surface area contributed by atoms with Crippen LogP contribution >= 0.6 is 11.3 Å². The van der Waals surface area contributed by atoms with Crippen molar-refractivity contribution in [1.29, 1.82) is 0 Å². The molecule has 1 aromatic heterocycles. The van der Waals surface area contributed by atoms with Crippen LogP contribution in [0.25, 0.3) is 0 Å². The summed E-state index contributed by atoms with van der Waals surface area (Å²) in [7, 11) is 3.53. The zero-order chi connectivity index (χ0) is 18.3. The van der Waals surface area contributed by atoms with E-state index < -0.39 is 5.41 Å². The zero-order valence-electron chi connectivity index (χ0n) is 15.2. The third-order valence-electron chi connectivity index (χ3n) is 5.73. The van der Waals surface area contributed by atoms with Gasteiger partial charge in [0.25, 0.3) is 5.91 Å². The van der Waals surface area contributed by atoms with Gasteiger partial charge in [-0.15, -0.1) is 11.3 Å². The normalized spacial score (nSPS) is 24.8. The summed E-state index contributed by atoms with van der Waals surface area (Å²) in [4.78, 5) is 29.9. The van der Waals surface area contributed by atoms with E-state index in [2.05, 4.69) is 0 Å². The maximum Gasteiger partial charge on any atom is 0.267 e.